The number of amides is 1. The van der Waals surface area contributed by atoms with Crippen LogP contribution in [0.25, 0.3) is 0 Å². The normalized spacial score (nSPS) is 11.1. The molecule has 0 aromatic rings. The van der Waals surface area contributed by atoms with Crippen LogP contribution in [0.2, 0.25) is 0 Å². The first-order valence-electron chi connectivity index (χ1n) is 2.09. The van der Waals surface area contributed by atoms with Gasteiger partial charge in [0.05, 0.1) is 0 Å². The van der Waals surface area contributed by atoms with E-state index in [9.17, 15) is 8.53 Å². The van der Waals surface area contributed by atoms with Crippen molar-refractivity contribution in [2.75, 3.05) is 6.61 Å². The average molecular weight is 215 g/mol. The quantitative estimate of drug-likeness (QED) is 0.292. The molecule has 0 radical (unpaired) electrons. The zero-order valence-corrected chi connectivity index (χ0v) is 6.60. The van der Waals surface area contributed by atoms with E-state index in [1.54, 1.807) is 0 Å². The third kappa shape index (κ3) is 5.80. The molecule has 10 heavy (non-hydrogen) atoms. The Labute approximate surface area is 58.9 Å². The van der Waals surface area contributed by atoms with Gasteiger partial charge in [-0.3, -0.25) is 0 Å². The van der Waals surface area contributed by atoms with Gasteiger partial charge in [-0.2, -0.15) is 0 Å². The Bertz CT molecular complexity index is 161. The molecular formula is C2H6AsNO6. The maximum atomic E-state index is 10.0. The molecule has 4 N–H and O–H groups in total. The molecule has 0 bridgehead atoms. The predicted molar refractivity (Wildman–Crippen MR) is 27.2 cm³/mol. The predicted octanol–water partition coefficient (Wildman–Crippen LogP) is -3.12. The fraction of sp³-hybridized carbons (Fsp3) is 0.500. The van der Waals surface area contributed by atoms with E-state index in [0.717, 1.165) is 0 Å². The number of rotatable bonds is 3. The third-order valence-corrected chi connectivity index (χ3v) is 1.11. The number of hydrogen-bond donors (Lipinski definition) is 4. The molecule has 0 aliphatic rings. The standard InChI is InChI=1S/C2H6AsNO6/c5-1-2(6)4-10-3(7,8)9/h5H,1H2,(H,4,6)(H2,7,8,9). The Kier molecular flexibility index (Phi) is 3.62. The van der Waals surface area contributed by atoms with Crippen molar-refractivity contribution in [1.29, 1.82) is 0 Å². The Morgan fingerprint density at radius 1 is 1.60 bits per heavy atom. The van der Waals surface area contributed by atoms with Gasteiger partial charge in [-0.1, -0.05) is 0 Å². The Balaban J connectivity index is 3.56. The van der Waals surface area contributed by atoms with Crippen molar-refractivity contribution in [2.24, 2.45) is 0 Å². The summed E-state index contributed by atoms with van der Waals surface area (Å²) >= 11 is -5.23. The van der Waals surface area contributed by atoms with Gasteiger partial charge in [0.2, 0.25) is 0 Å². The van der Waals surface area contributed by atoms with Crippen LogP contribution in [0.5, 0.6) is 0 Å². The van der Waals surface area contributed by atoms with E-state index < -0.39 is 27.0 Å². The maximum absolute atomic E-state index is 10.0. The minimum atomic E-state index is -5.23. The van der Waals surface area contributed by atoms with E-state index in [1.165, 1.54) is 5.48 Å². The Morgan fingerprint density at radius 3 is 2.40 bits per heavy atom. The van der Waals surface area contributed by atoms with Gasteiger partial charge in [-0.05, 0) is 0 Å². The molecule has 7 nitrogen and oxygen atoms in total. The fourth-order valence-corrected chi connectivity index (χ4v) is 0.606. The van der Waals surface area contributed by atoms with Crippen LogP contribution in [-0.2, 0) is 12.4 Å². The van der Waals surface area contributed by atoms with Crippen molar-refractivity contribution in [3.05, 3.63) is 0 Å². The van der Waals surface area contributed by atoms with Gasteiger partial charge < -0.3 is 0 Å². The van der Waals surface area contributed by atoms with Crippen molar-refractivity contribution in [3.63, 3.8) is 0 Å². The van der Waals surface area contributed by atoms with Crippen molar-refractivity contribution < 1.29 is 25.7 Å². The summed E-state index contributed by atoms with van der Waals surface area (Å²) in [7, 11) is 0. The molecule has 8 heteroatoms. The van der Waals surface area contributed by atoms with Crippen molar-refractivity contribution >= 4 is 20.4 Å². The first-order chi connectivity index (χ1) is 4.45. The zero-order valence-electron chi connectivity index (χ0n) is 4.72. The van der Waals surface area contributed by atoms with Crippen LogP contribution < -0.4 is 5.48 Å². The van der Waals surface area contributed by atoms with Crippen LogP contribution in [-0.4, -0.2) is 40.3 Å². The van der Waals surface area contributed by atoms with Crippen LogP contribution in [0.1, 0.15) is 0 Å². The van der Waals surface area contributed by atoms with Gasteiger partial charge in [0.25, 0.3) is 0 Å². The minimum absolute atomic E-state index is 0.879. The second-order valence-corrected chi connectivity index (χ2v) is 3.71. The molecule has 0 aromatic heterocycles. The Hall–Kier alpha value is -0.332. The molecule has 0 saturated carbocycles. The fourth-order valence-electron chi connectivity index (χ4n) is 0.143. The van der Waals surface area contributed by atoms with Gasteiger partial charge in [0, 0.05) is 0 Å². The van der Waals surface area contributed by atoms with E-state index in [1.807, 2.05) is 0 Å². The number of nitrogens with one attached hydrogen (secondary N) is 1. The van der Waals surface area contributed by atoms with Gasteiger partial charge >= 0.3 is 58.2 Å². The molecule has 0 atom stereocenters. The second kappa shape index (κ2) is 3.74. The van der Waals surface area contributed by atoms with Gasteiger partial charge in [0.1, 0.15) is 0 Å². The summed E-state index contributed by atoms with van der Waals surface area (Å²) in [6.07, 6.45) is 0. The van der Waals surface area contributed by atoms with Gasteiger partial charge in [0.15, 0.2) is 0 Å². The molecule has 0 spiro atoms. The summed E-state index contributed by atoms with van der Waals surface area (Å²) in [5.41, 5.74) is 1.35. The third-order valence-electron chi connectivity index (χ3n) is 0.422. The van der Waals surface area contributed by atoms with Crippen LogP contribution >= 0.6 is 0 Å². The molecular weight excluding hydrogens is 209 g/mol. The van der Waals surface area contributed by atoms with Crippen molar-refractivity contribution in [1.82, 2.24) is 5.48 Å². The summed E-state index contributed by atoms with van der Waals surface area (Å²) in [6.45, 7) is -0.879. The molecule has 1 amide bonds. The summed E-state index contributed by atoms with van der Waals surface area (Å²) in [6, 6.07) is 0. The molecule has 0 rings (SSSR count). The summed E-state index contributed by atoms with van der Waals surface area (Å²) in [4.78, 5) is 10.0. The number of carbonyl (C=O) groups is 1. The first-order valence-corrected chi connectivity index (χ1v) is 5.30. The summed E-state index contributed by atoms with van der Waals surface area (Å²) in [5.74, 6) is -1.01. The van der Waals surface area contributed by atoms with Gasteiger partial charge in [-0.15, -0.1) is 0 Å². The topological polar surface area (TPSA) is 116 Å². The van der Waals surface area contributed by atoms with E-state index in [4.69, 9.17) is 13.3 Å². The first kappa shape index (κ1) is 9.67. The SMILES string of the molecule is O=C(CO)NO[As](=O)(O)O. The summed E-state index contributed by atoms with van der Waals surface area (Å²) < 4.78 is 29.5. The molecule has 0 saturated heterocycles. The summed E-state index contributed by atoms with van der Waals surface area (Å²) in [5, 5.41) is 7.99. The molecule has 0 heterocycles. The molecule has 60 valence electrons. The van der Waals surface area contributed by atoms with Crippen LogP contribution in [0, 0.1) is 0 Å². The van der Waals surface area contributed by atoms with Crippen molar-refractivity contribution in [3.8, 4) is 0 Å². The molecule has 0 aromatic carbocycles. The number of hydrogen-bond acceptors (Lipinski definition) is 4. The molecule has 0 unspecified atom stereocenters. The molecule has 0 fully saturated rings. The average Bonchev–Trinajstić information content (AvgIpc) is 1.81. The Morgan fingerprint density at radius 2 is 2.10 bits per heavy atom. The van der Waals surface area contributed by atoms with E-state index in [2.05, 4.69) is 3.83 Å². The molecule has 0 aliphatic heterocycles. The number of hydroxylamine groups is 1. The van der Waals surface area contributed by atoms with Crippen LogP contribution in [0.3, 0.4) is 0 Å². The van der Waals surface area contributed by atoms with E-state index in [0.29, 0.717) is 0 Å². The number of aliphatic hydroxyl groups is 1. The van der Waals surface area contributed by atoms with Crippen LogP contribution in [0.4, 0.5) is 0 Å². The zero-order chi connectivity index (χ0) is 8.20. The van der Waals surface area contributed by atoms with Crippen molar-refractivity contribution in [2.45, 2.75) is 0 Å². The monoisotopic (exact) mass is 215 g/mol. The number of carbonyl (C=O) groups excluding carboxylic acids is 1. The van der Waals surface area contributed by atoms with Gasteiger partial charge in [-0.25, -0.2) is 0 Å². The number of aliphatic hydroxyl groups excluding tert-OH is 1. The molecule has 0 aliphatic carbocycles. The van der Waals surface area contributed by atoms with E-state index >= 15 is 0 Å². The van der Waals surface area contributed by atoms with E-state index in [-0.39, 0.29) is 0 Å². The van der Waals surface area contributed by atoms with Crippen LogP contribution in [0.15, 0.2) is 0 Å². The second-order valence-electron chi connectivity index (χ2n) is 1.27.